The maximum absolute atomic E-state index is 13.7. The third-order valence-corrected chi connectivity index (χ3v) is 6.71. The summed E-state index contributed by atoms with van der Waals surface area (Å²) in [6.45, 7) is 3.73. The van der Waals surface area contributed by atoms with E-state index in [-0.39, 0.29) is 18.1 Å². The summed E-state index contributed by atoms with van der Waals surface area (Å²) in [6, 6.07) is 3.90. The molecule has 0 radical (unpaired) electrons. The molecule has 4 atom stereocenters. The highest BCUT2D eigenvalue weighted by molar-refractivity contribution is 7.80. The fraction of sp³-hybridized carbons (Fsp3) is 0.500. The van der Waals surface area contributed by atoms with Gasteiger partial charge in [0, 0.05) is 35.8 Å². The van der Waals surface area contributed by atoms with Gasteiger partial charge in [-0.3, -0.25) is 14.4 Å². The van der Waals surface area contributed by atoms with Gasteiger partial charge in [0.15, 0.2) is 0 Å². The zero-order valence-corrected chi connectivity index (χ0v) is 20.8. The first-order valence-electron chi connectivity index (χ1n) is 11.7. The largest absolute Gasteiger partial charge is 0.480 e. The van der Waals surface area contributed by atoms with Crippen LogP contribution in [0.25, 0.3) is 10.9 Å². The second-order valence-electron chi connectivity index (χ2n) is 9.17. The second-order valence-corrected chi connectivity index (χ2v) is 9.54. The molecule has 3 amide bonds. The number of aromatic nitrogens is 1. The van der Waals surface area contributed by atoms with Crippen molar-refractivity contribution in [2.45, 2.75) is 57.3 Å². The molecule has 1 saturated heterocycles. The van der Waals surface area contributed by atoms with Crippen LogP contribution in [0.2, 0.25) is 0 Å². The van der Waals surface area contributed by atoms with Crippen LogP contribution < -0.4 is 16.4 Å². The summed E-state index contributed by atoms with van der Waals surface area (Å²) in [7, 11) is 0. The number of nitrogens with zero attached hydrogens (tertiary/aromatic N) is 1. The summed E-state index contributed by atoms with van der Waals surface area (Å²) in [6.07, 6.45) is 2.99. The Morgan fingerprint density at radius 3 is 2.60 bits per heavy atom. The molecule has 10 nitrogen and oxygen atoms in total. The van der Waals surface area contributed by atoms with Gasteiger partial charge in [-0.1, -0.05) is 32.0 Å². The molecule has 4 unspecified atom stereocenters. The van der Waals surface area contributed by atoms with Crippen LogP contribution in [0.4, 0.5) is 0 Å². The number of amides is 3. The molecule has 190 valence electrons. The van der Waals surface area contributed by atoms with E-state index in [9.17, 15) is 24.3 Å². The van der Waals surface area contributed by atoms with Gasteiger partial charge in [-0.15, -0.1) is 0 Å². The van der Waals surface area contributed by atoms with Gasteiger partial charge in [-0.05, 0) is 30.4 Å². The molecule has 1 fully saturated rings. The molecular formula is C24H33N5O5S. The van der Waals surface area contributed by atoms with Crippen molar-refractivity contribution in [3.05, 3.63) is 36.0 Å². The van der Waals surface area contributed by atoms with Gasteiger partial charge < -0.3 is 31.4 Å². The molecule has 1 aliphatic heterocycles. The molecule has 1 aromatic carbocycles. The molecule has 2 heterocycles. The summed E-state index contributed by atoms with van der Waals surface area (Å²) in [5, 5.41) is 15.7. The van der Waals surface area contributed by atoms with Gasteiger partial charge in [0.25, 0.3) is 0 Å². The van der Waals surface area contributed by atoms with Crippen LogP contribution in [-0.2, 0) is 25.6 Å². The van der Waals surface area contributed by atoms with Crippen molar-refractivity contribution in [2.24, 2.45) is 11.7 Å². The number of hydrogen-bond acceptors (Lipinski definition) is 6. The number of nitrogens with one attached hydrogen (secondary N) is 3. The molecule has 0 aliphatic carbocycles. The highest BCUT2D eigenvalue weighted by atomic mass is 32.1. The van der Waals surface area contributed by atoms with Gasteiger partial charge in [-0.25, -0.2) is 4.79 Å². The third kappa shape index (κ3) is 6.15. The maximum atomic E-state index is 13.7. The van der Waals surface area contributed by atoms with Gasteiger partial charge in [0.2, 0.25) is 17.7 Å². The van der Waals surface area contributed by atoms with E-state index in [4.69, 9.17) is 5.73 Å². The number of carboxylic acid groups (broad SMARTS) is 1. The molecule has 0 bridgehead atoms. The summed E-state index contributed by atoms with van der Waals surface area (Å²) < 4.78 is 0. The number of carboxylic acids is 1. The molecule has 1 aromatic heterocycles. The summed E-state index contributed by atoms with van der Waals surface area (Å²) in [5.41, 5.74) is 7.57. The molecule has 0 spiro atoms. The van der Waals surface area contributed by atoms with Crippen molar-refractivity contribution < 1.29 is 24.3 Å². The fourth-order valence-electron chi connectivity index (χ4n) is 4.35. The summed E-state index contributed by atoms with van der Waals surface area (Å²) in [5.74, 6) is -2.78. The van der Waals surface area contributed by atoms with Crippen LogP contribution in [0.15, 0.2) is 30.5 Å². The predicted octanol–water partition coefficient (Wildman–Crippen LogP) is 0.669. The predicted molar refractivity (Wildman–Crippen MR) is 135 cm³/mol. The second kappa shape index (κ2) is 11.6. The van der Waals surface area contributed by atoms with Crippen molar-refractivity contribution in [1.82, 2.24) is 20.5 Å². The number of carbonyl (C=O) groups is 4. The molecule has 6 N–H and O–H groups in total. The van der Waals surface area contributed by atoms with Gasteiger partial charge in [0.05, 0.1) is 6.04 Å². The number of aromatic amines is 1. The molecule has 1 aliphatic rings. The average molecular weight is 504 g/mol. The van der Waals surface area contributed by atoms with E-state index in [1.54, 1.807) is 20.0 Å². The number of fused-ring (bicyclic) bond motifs is 1. The minimum absolute atomic E-state index is 0.111. The molecule has 35 heavy (non-hydrogen) atoms. The fourth-order valence-corrected chi connectivity index (χ4v) is 4.51. The van der Waals surface area contributed by atoms with E-state index in [0.29, 0.717) is 19.4 Å². The lowest BCUT2D eigenvalue weighted by molar-refractivity contribution is -0.145. The van der Waals surface area contributed by atoms with E-state index in [0.717, 1.165) is 16.5 Å². The number of nitrogens with two attached hydrogens (primary N) is 1. The van der Waals surface area contributed by atoms with Crippen molar-refractivity contribution in [1.29, 1.82) is 0 Å². The van der Waals surface area contributed by atoms with Crippen LogP contribution in [0.5, 0.6) is 0 Å². The molecule has 3 rings (SSSR count). The number of H-pyrrole nitrogens is 1. The molecule has 0 saturated carbocycles. The first kappa shape index (κ1) is 26.6. The van der Waals surface area contributed by atoms with Gasteiger partial charge in [-0.2, -0.15) is 12.6 Å². The Hall–Kier alpha value is -3.05. The van der Waals surface area contributed by atoms with E-state index in [2.05, 4.69) is 28.2 Å². The van der Waals surface area contributed by atoms with Crippen molar-refractivity contribution in [3.63, 3.8) is 0 Å². The topological polar surface area (TPSA) is 158 Å². The highest BCUT2D eigenvalue weighted by Gasteiger charge is 2.39. The Balaban J connectivity index is 1.84. The van der Waals surface area contributed by atoms with Crippen molar-refractivity contribution >= 4 is 47.2 Å². The van der Waals surface area contributed by atoms with Crippen LogP contribution in [0, 0.1) is 5.92 Å². The van der Waals surface area contributed by atoms with Crippen LogP contribution >= 0.6 is 12.6 Å². The third-order valence-electron chi connectivity index (χ3n) is 6.32. The standard InChI is InChI=1S/C24H33N5O5S/c1-13(2)20(24(33)34)28-22(31)19-8-5-9-29(19)23(32)18(27-21(30)16(25)12-35)10-14-11-26-17-7-4-3-6-15(14)17/h3-4,6-7,11,13,16,18-20,26,35H,5,8-10,12,25H2,1-2H3,(H,27,30)(H,28,31)(H,33,34). The zero-order valence-electron chi connectivity index (χ0n) is 19.9. The summed E-state index contributed by atoms with van der Waals surface area (Å²) in [4.78, 5) is 55.4. The van der Waals surface area contributed by atoms with Crippen LogP contribution in [0.1, 0.15) is 32.3 Å². The lowest BCUT2D eigenvalue weighted by Gasteiger charge is -2.30. The van der Waals surface area contributed by atoms with Crippen molar-refractivity contribution in [3.8, 4) is 0 Å². The minimum Gasteiger partial charge on any atom is -0.480 e. The normalized spacial score (nSPS) is 18.3. The van der Waals surface area contributed by atoms with Crippen LogP contribution in [-0.4, -0.2) is 75.1 Å². The van der Waals surface area contributed by atoms with E-state index in [1.165, 1.54) is 4.90 Å². The number of likely N-dealkylation sites (tertiary alicyclic amines) is 1. The van der Waals surface area contributed by atoms with Gasteiger partial charge in [0.1, 0.15) is 18.1 Å². The lowest BCUT2D eigenvalue weighted by Crippen LogP contribution is -2.58. The van der Waals surface area contributed by atoms with Gasteiger partial charge >= 0.3 is 5.97 Å². The van der Waals surface area contributed by atoms with E-state index < -0.39 is 47.9 Å². The Kier molecular flexibility index (Phi) is 8.79. The number of thiol groups is 1. The number of aliphatic carboxylic acids is 1. The number of hydrogen-bond donors (Lipinski definition) is 6. The Bertz CT molecular complexity index is 1090. The van der Waals surface area contributed by atoms with Crippen molar-refractivity contribution in [2.75, 3.05) is 12.3 Å². The number of carbonyl (C=O) groups excluding carboxylic acids is 3. The zero-order chi connectivity index (χ0) is 25.7. The monoisotopic (exact) mass is 503 g/mol. The average Bonchev–Trinajstić information content (AvgIpc) is 3.48. The Labute approximate surface area is 209 Å². The minimum atomic E-state index is -1.13. The quantitative estimate of drug-likeness (QED) is 0.262. The SMILES string of the molecule is CC(C)C(NC(=O)C1CCCN1C(=O)C(Cc1c[nH]c2ccccc12)NC(=O)C(N)CS)C(=O)O. The molecule has 2 aromatic rings. The first-order valence-corrected chi connectivity index (χ1v) is 12.3. The Morgan fingerprint density at radius 1 is 1.23 bits per heavy atom. The molecular weight excluding hydrogens is 470 g/mol. The lowest BCUT2D eigenvalue weighted by atomic mass is 10.0. The number of rotatable bonds is 10. The molecule has 11 heteroatoms. The first-order chi connectivity index (χ1) is 16.6. The smallest absolute Gasteiger partial charge is 0.326 e. The number of para-hydroxylation sites is 1. The van der Waals surface area contributed by atoms with Crippen LogP contribution in [0.3, 0.4) is 0 Å². The van der Waals surface area contributed by atoms with E-state index >= 15 is 0 Å². The maximum Gasteiger partial charge on any atom is 0.326 e. The van der Waals surface area contributed by atoms with E-state index in [1.807, 2.05) is 24.3 Å². The number of benzene rings is 1. The highest BCUT2D eigenvalue weighted by Crippen LogP contribution is 2.23. The Morgan fingerprint density at radius 2 is 1.94 bits per heavy atom. The summed E-state index contributed by atoms with van der Waals surface area (Å²) >= 11 is 4.07.